The van der Waals surface area contributed by atoms with E-state index in [1.807, 2.05) is 50.4 Å². The Morgan fingerprint density at radius 1 is 1.19 bits per heavy atom. The molecule has 1 aliphatic heterocycles. The van der Waals surface area contributed by atoms with Gasteiger partial charge in [0.2, 0.25) is 0 Å². The number of hydrogen-bond donors (Lipinski definition) is 1. The van der Waals surface area contributed by atoms with Gasteiger partial charge in [-0.15, -0.1) is 0 Å². The van der Waals surface area contributed by atoms with Crippen molar-refractivity contribution in [2.45, 2.75) is 19.6 Å². The van der Waals surface area contributed by atoms with E-state index in [0.717, 1.165) is 23.8 Å². The zero-order chi connectivity index (χ0) is 14.8. The monoisotopic (exact) mass is 281 g/mol. The number of benzene rings is 2. The summed E-state index contributed by atoms with van der Waals surface area (Å²) < 4.78 is 5.93. The molecule has 0 bridgehead atoms. The number of fused-ring (bicyclic) bond motifs is 1. The maximum Gasteiger partial charge on any atom is 0.153 e. The highest BCUT2D eigenvalue weighted by Gasteiger charge is 2.23. The van der Waals surface area contributed by atoms with Gasteiger partial charge in [-0.05, 0) is 30.7 Å². The molecule has 4 heteroatoms. The van der Waals surface area contributed by atoms with Crippen molar-refractivity contribution >= 4 is 17.2 Å². The fourth-order valence-electron chi connectivity index (χ4n) is 2.51. The van der Waals surface area contributed by atoms with Crippen LogP contribution < -0.4 is 10.5 Å². The fraction of sp³-hybridized carbons (Fsp3) is 0.235. The highest BCUT2D eigenvalue weighted by atomic mass is 16.5. The Morgan fingerprint density at radius 2 is 1.95 bits per heavy atom. The number of hydrogen-bond acceptors (Lipinski definition) is 4. The highest BCUT2D eigenvalue weighted by molar-refractivity contribution is 5.91. The van der Waals surface area contributed by atoms with Crippen molar-refractivity contribution in [2.75, 3.05) is 12.8 Å². The third-order valence-electron chi connectivity index (χ3n) is 3.54. The first-order chi connectivity index (χ1) is 10.1. The van der Waals surface area contributed by atoms with Crippen LogP contribution in [0.1, 0.15) is 12.5 Å². The van der Waals surface area contributed by atoms with E-state index in [-0.39, 0.29) is 6.10 Å². The molecule has 21 heavy (non-hydrogen) atoms. The van der Waals surface area contributed by atoms with Crippen molar-refractivity contribution in [3.8, 4) is 5.75 Å². The minimum absolute atomic E-state index is 0.0742. The standard InChI is InChI=1S/C17H19N3O/c1-12-17(20(2)11-13-6-4-3-5-7-13)19-15-10-14(18)8-9-16(15)21-12/h3-10,12H,11,18H2,1-2H3. The third kappa shape index (κ3) is 2.84. The summed E-state index contributed by atoms with van der Waals surface area (Å²) in [6, 6.07) is 15.9. The number of rotatable bonds is 2. The Labute approximate surface area is 124 Å². The van der Waals surface area contributed by atoms with E-state index < -0.39 is 0 Å². The number of nitrogens with two attached hydrogens (primary N) is 1. The van der Waals surface area contributed by atoms with Gasteiger partial charge >= 0.3 is 0 Å². The van der Waals surface area contributed by atoms with Gasteiger partial charge in [-0.3, -0.25) is 0 Å². The molecule has 2 aromatic rings. The predicted octanol–water partition coefficient (Wildman–Crippen LogP) is 3.21. The molecule has 3 rings (SSSR count). The molecular formula is C17H19N3O. The maximum absolute atomic E-state index is 5.93. The topological polar surface area (TPSA) is 50.9 Å². The molecule has 0 aromatic heterocycles. The third-order valence-corrected chi connectivity index (χ3v) is 3.54. The average Bonchev–Trinajstić information content (AvgIpc) is 2.48. The predicted molar refractivity (Wildman–Crippen MR) is 85.9 cm³/mol. The molecule has 1 heterocycles. The Hall–Kier alpha value is -2.49. The second kappa shape index (κ2) is 5.48. The number of anilines is 1. The van der Waals surface area contributed by atoms with E-state index >= 15 is 0 Å². The lowest BCUT2D eigenvalue weighted by Crippen LogP contribution is -2.39. The molecule has 0 spiro atoms. The largest absolute Gasteiger partial charge is 0.481 e. The minimum atomic E-state index is -0.0742. The second-order valence-corrected chi connectivity index (χ2v) is 5.30. The van der Waals surface area contributed by atoms with Crippen LogP contribution in [0, 0.1) is 0 Å². The van der Waals surface area contributed by atoms with Gasteiger partial charge < -0.3 is 15.4 Å². The van der Waals surface area contributed by atoms with Crippen LogP contribution >= 0.6 is 0 Å². The molecule has 0 amide bonds. The van der Waals surface area contributed by atoms with Gasteiger partial charge in [0.05, 0.1) is 0 Å². The quantitative estimate of drug-likeness (QED) is 0.860. The fourth-order valence-corrected chi connectivity index (χ4v) is 2.51. The van der Waals surface area contributed by atoms with Gasteiger partial charge in [-0.1, -0.05) is 30.3 Å². The lowest BCUT2D eigenvalue weighted by Gasteiger charge is -2.30. The SMILES string of the molecule is CC1Oc2ccc(N)cc2N=C1N(C)Cc1ccccc1. The van der Waals surface area contributed by atoms with Gasteiger partial charge in [0, 0.05) is 19.3 Å². The van der Waals surface area contributed by atoms with Crippen molar-refractivity contribution in [1.82, 2.24) is 4.90 Å². The summed E-state index contributed by atoms with van der Waals surface area (Å²) in [4.78, 5) is 6.84. The molecule has 0 saturated heterocycles. The van der Waals surface area contributed by atoms with Crippen molar-refractivity contribution in [3.63, 3.8) is 0 Å². The molecule has 1 aliphatic rings. The number of amidine groups is 1. The van der Waals surface area contributed by atoms with Crippen LogP contribution in [-0.4, -0.2) is 23.9 Å². The summed E-state index contributed by atoms with van der Waals surface area (Å²) in [6.45, 7) is 2.81. The molecule has 2 N–H and O–H groups in total. The second-order valence-electron chi connectivity index (χ2n) is 5.30. The molecule has 4 nitrogen and oxygen atoms in total. The normalized spacial score (nSPS) is 16.7. The molecular weight excluding hydrogens is 262 g/mol. The Bertz CT molecular complexity index is 667. The van der Waals surface area contributed by atoms with Crippen LogP contribution in [-0.2, 0) is 6.54 Å². The van der Waals surface area contributed by atoms with E-state index in [1.54, 1.807) is 0 Å². The molecule has 2 aromatic carbocycles. The number of nitrogens with zero attached hydrogens (tertiary/aromatic N) is 2. The van der Waals surface area contributed by atoms with Gasteiger partial charge in [-0.25, -0.2) is 4.99 Å². The van der Waals surface area contributed by atoms with Crippen LogP contribution in [0.4, 0.5) is 11.4 Å². The van der Waals surface area contributed by atoms with Crippen LogP contribution in [0.2, 0.25) is 0 Å². The molecule has 0 aliphatic carbocycles. The van der Waals surface area contributed by atoms with Crippen LogP contribution in [0.15, 0.2) is 53.5 Å². The smallest absolute Gasteiger partial charge is 0.153 e. The number of likely N-dealkylation sites (N-methyl/N-ethyl adjacent to an activating group) is 1. The van der Waals surface area contributed by atoms with Crippen molar-refractivity contribution < 1.29 is 4.74 Å². The van der Waals surface area contributed by atoms with E-state index in [2.05, 4.69) is 17.0 Å². The van der Waals surface area contributed by atoms with E-state index in [0.29, 0.717) is 5.69 Å². The summed E-state index contributed by atoms with van der Waals surface area (Å²) >= 11 is 0. The summed E-state index contributed by atoms with van der Waals surface area (Å²) in [5.74, 6) is 1.70. The lowest BCUT2D eigenvalue weighted by atomic mass is 10.2. The Kier molecular flexibility index (Phi) is 3.52. The lowest BCUT2D eigenvalue weighted by molar-refractivity contribution is 0.260. The summed E-state index contributed by atoms with van der Waals surface area (Å²) in [5, 5.41) is 0. The zero-order valence-corrected chi connectivity index (χ0v) is 12.3. The van der Waals surface area contributed by atoms with Gasteiger partial charge in [0.1, 0.15) is 17.3 Å². The molecule has 0 fully saturated rings. The summed E-state index contributed by atoms with van der Waals surface area (Å²) in [6.07, 6.45) is -0.0742. The van der Waals surface area contributed by atoms with Crippen molar-refractivity contribution in [1.29, 1.82) is 0 Å². The highest BCUT2D eigenvalue weighted by Crippen LogP contribution is 2.34. The summed E-state index contributed by atoms with van der Waals surface area (Å²) in [7, 11) is 2.03. The zero-order valence-electron chi connectivity index (χ0n) is 12.3. The molecule has 108 valence electrons. The van der Waals surface area contributed by atoms with Gasteiger partial charge in [0.25, 0.3) is 0 Å². The van der Waals surface area contributed by atoms with Crippen LogP contribution in [0.3, 0.4) is 0 Å². The molecule has 1 unspecified atom stereocenters. The minimum Gasteiger partial charge on any atom is -0.481 e. The maximum atomic E-state index is 5.93. The van der Waals surface area contributed by atoms with Crippen LogP contribution in [0.25, 0.3) is 0 Å². The first kappa shape index (κ1) is 13.5. The number of aliphatic imine (C=N–C) groups is 1. The van der Waals surface area contributed by atoms with E-state index in [1.165, 1.54) is 5.56 Å². The summed E-state index contributed by atoms with van der Waals surface area (Å²) in [5.41, 5.74) is 8.56. The van der Waals surface area contributed by atoms with Gasteiger partial charge in [0.15, 0.2) is 6.10 Å². The molecule has 1 atom stereocenters. The molecule has 0 saturated carbocycles. The van der Waals surface area contributed by atoms with E-state index in [9.17, 15) is 0 Å². The van der Waals surface area contributed by atoms with Gasteiger partial charge in [-0.2, -0.15) is 0 Å². The first-order valence-corrected chi connectivity index (χ1v) is 7.03. The molecule has 0 radical (unpaired) electrons. The van der Waals surface area contributed by atoms with Crippen molar-refractivity contribution in [3.05, 3.63) is 54.1 Å². The van der Waals surface area contributed by atoms with Crippen LogP contribution in [0.5, 0.6) is 5.75 Å². The number of ether oxygens (including phenoxy) is 1. The number of nitrogen functional groups attached to an aromatic ring is 1. The Morgan fingerprint density at radius 3 is 2.71 bits per heavy atom. The van der Waals surface area contributed by atoms with Crippen molar-refractivity contribution in [2.24, 2.45) is 4.99 Å². The Balaban J connectivity index is 1.87. The first-order valence-electron chi connectivity index (χ1n) is 7.03. The van der Waals surface area contributed by atoms with E-state index in [4.69, 9.17) is 15.5 Å². The average molecular weight is 281 g/mol.